The maximum atomic E-state index is 11.8. The third-order valence-electron chi connectivity index (χ3n) is 2.06. The summed E-state index contributed by atoms with van der Waals surface area (Å²) in [5.74, 6) is -0.143. The number of pyridine rings is 1. The number of nitrogens with two attached hydrogens (primary N) is 2. The Hall–Kier alpha value is -2.56. The van der Waals surface area contributed by atoms with E-state index in [4.69, 9.17) is 16.2 Å². The third kappa shape index (κ3) is 2.72. The lowest BCUT2D eigenvalue weighted by Crippen LogP contribution is -2.09. The zero-order valence-corrected chi connectivity index (χ0v) is 8.96. The molecule has 5 heteroatoms. The number of hydrogen-bond acceptors (Lipinski definition) is 5. The predicted molar refractivity (Wildman–Crippen MR) is 64.5 cm³/mol. The Balaban J connectivity index is 2.20. The number of nitrogen functional groups attached to an aromatic ring is 2. The smallest absolute Gasteiger partial charge is 0.343 e. The molecule has 0 aliphatic heterocycles. The number of nitrogens with zero attached hydrogens (tertiary/aromatic N) is 1. The van der Waals surface area contributed by atoms with Crippen molar-refractivity contribution < 1.29 is 9.53 Å². The Labute approximate surface area is 98.0 Å². The second-order valence-corrected chi connectivity index (χ2v) is 3.47. The Bertz CT molecular complexity index is 520. The molecule has 0 radical (unpaired) electrons. The molecule has 0 fully saturated rings. The van der Waals surface area contributed by atoms with Crippen molar-refractivity contribution in [1.29, 1.82) is 0 Å². The first-order valence-electron chi connectivity index (χ1n) is 4.93. The fourth-order valence-corrected chi connectivity index (χ4v) is 1.37. The molecule has 0 amide bonds. The normalized spacial score (nSPS) is 9.88. The average Bonchev–Trinajstić information content (AvgIpc) is 2.29. The highest BCUT2D eigenvalue weighted by Gasteiger charge is 2.09. The quantitative estimate of drug-likeness (QED) is 0.601. The number of rotatable bonds is 2. The number of esters is 1. The van der Waals surface area contributed by atoms with Gasteiger partial charge in [0, 0.05) is 17.6 Å². The molecular formula is C12H11N3O2. The molecule has 1 aromatic carbocycles. The van der Waals surface area contributed by atoms with E-state index in [-0.39, 0.29) is 0 Å². The molecule has 1 aromatic heterocycles. The topological polar surface area (TPSA) is 91.2 Å². The van der Waals surface area contributed by atoms with Crippen molar-refractivity contribution in [1.82, 2.24) is 4.98 Å². The van der Waals surface area contributed by atoms with Crippen molar-refractivity contribution in [2.24, 2.45) is 0 Å². The van der Waals surface area contributed by atoms with Crippen molar-refractivity contribution in [3.05, 3.63) is 48.3 Å². The van der Waals surface area contributed by atoms with Crippen LogP contribution in [0.5, 0.6) is 5.75 Å². The highest BCUT2D eigenvalue weighted by atomic mass is 16.5. The van der Waals surface area contributed by atoms with Crippen LogP contribution in [0.4, 0.5) is 11.4 Å². The maximum absolute atomic E-state index is 11.8. The lowest BCUT2D eigenvalue weighted by Gasteiger charge is -2.05. The van der Waals surface area contributed by atoms with Crippen molar-refractivity contribution in [3.63, 3.8) is 0 Å². The van der Waals surface area contributed by atoms with Gasteiger partial charge in [0.25, 0.3) is 0 Å². The molecule has 0 bridgehead atoms. The monoisotopic (exact) mass is 229 g/mol. The van der Waals surface area contributed by atoms with E-state index in [0.29, 0.717) is 22.7 Å². The maximum Gasteiger partial charge on any atom is 0.343 e. The van der Waals surface area contributed by atoms with Gasteiger partial charge in [0.05, 0.1) is 11.8 Å². The minimum atomic E-state index is -0.517. The minimum Gasteiger partial charge on any atom is -0.421 e. The summed E-state index contributed by atoms with van der Waals surface area (Å²) >= 11 is 0. The highest BCUT2D eigenvalue weighted by molar-refractivity contribution is 5.93. The van der Waals surface area contributed by atoms with Crippen molar-refractivity contribution in [2.45, 2.75) is 0 Å². The molecule has 17 heavy (non-hydrogen) atoms. The highest BCUT2D eigenvalue weighted by Crippen LogP contribution is 2.16. The number of ether oxygens (including phenoxy) is 1. The zero-order chi connectivity index (χ0) is 12.3. The lowest BCUT2D eigenvalue weighted by molar-refractivity contribution is 0.0734. The number of carbonyl (C=O) groups excluding carboxylic acids is 1. The third-order valence-corrected chi connectivity index (χ3v) is 2.06. The van der Waals surface area contributed by atoms with E-state index in [1.807, 2.05) is 0 Å². The first-order chi connectivity index (χ1) is 8.15. The molecule has 2 rings (SSSR count). The fraction of sp³-hybridized carbons (Fsp3) is 0. The van der Waals surface area contributed by atoms with E-state index in [1.54, 1.807) is 24.4 Å². The van der Waals surface area contributed by atoms with Gasteiger partial charge < -0.3 is 16.2 Å². The van der Waals surface area contributed by atoms with Crippen LogP contribution in [0.2, 0.25) is 0 Å². The van der Waals surface area contributed by atoms with Gasteiger partial charge in [-0.1, -0.05) is 0 Å². The van der Waals surface area contributed by atoms with E-state index in [1.165, 1.54) is 18.3 Å². The molecule has 5 nitrogen and oxygen atoms in total. The zero-order valence-electron chi connectivity index (χ0n) is 8.96. The Morgan fingerprint density at radius 1 is 1.18 bits per heavy atom. The van der Waals surface area contributed by atoms with Gasteiger partial charge in [0.1, 0.15) is 5.75 Å². The van der Waals surface area contributed by atoms with Crippen LogP contribution in [0, 0.1) is 0 Å². The van der Waals surface area contributed by atoms with Gasteiger partial charge in [0.15, 0.2) is 0 Å². The summed E-state index contributed by atoms with van der Waals surface area (Å²) in [7, 11) is 0. The molecule has 0 unspecified atom stereocenters. The first kappa shape index (κ1) is 10.9. The van der Waals surface area contributed by atoms with E-state index in [2.05, 4.69) is 4.98 Å². The molecule has 0 saturated carbocycles. The van der Waals surface area contributed by atoms with Gasteiger partial charge in [-0.3, -0.25) is 4.98 Å². The molecule has 0 atom stereocenters. The molecular weight excluding hydrogens is 218 g/mol. The van der Waals surface area contributed by atoms with Crippen LogP contribution in [-0.4, -0.2) is 11.0 Å². The first-order valence-corrected chi connectivity index (χ1v) is 4.93. The molecule has 0 aliphatic carbocycles. The van der Waals surface area contributed by atoms with Gasteiger partial charge in [0.2, 0.25) is 0 Å². The van der Waals surface area contributed by atoms with Crippen molar-refractivity contribution >= 4 is 17.3 Å². The minimum absolute atomic E-state index is 0.311. The molecule has 86 valence electrons. The predicted octanol–water partition coefficient (Wildman–Crippen LogP) is 1.47. The summed E-state index contributed by atoms with van der Waals surface area (Å²) in [5.41, 5.74) is 12.3. The molecule has 0 spiro atoms. The second-order valence-electron chi connectivity index (χ2n) is 3.47. The van der Waals surface area contributed by atoms with Crippen LogP contribution >= 0.6 is 0 Å². The number of anilines is 2. The SMILES string of the molecule is Nc1cc(N)cc(C(=O)Oc2cccnc2)c1. The number of hydrogen-bond donors (Lipinski definition) is 2. The van der Waals surface area contributed by atoms with E-state index in [9.17, 15) is 4.79 Å². The van der Waals surface area contributed by atoms with Gasteiger partial charge in [-0.25, -0.2) is 4.79 Å². The summed E-state index contributed by atoms with van der Waals surface area (Å²) in [4.78, 5) is 15.6. The van der Waals surface area contributed by atoms with Gasteiger partial charge in [-0.05, 0) is 30.3 Å². The van der Waals surface area contributed by atoms with Crippen LogP contribution in [-0.2, 0) is 0 Å². The van der Waals surface area contributed by atoms with Crippen LogP contribution < -0.4 is 16.2 Å². The summed E-state index contributed by atoms with van der Waals surface area (Å²) in [6, 6.07) is 7.90. The molecule has 0 saturated heterocycles. The van der Waals surface area contributed by atoms with E-state index < -0.39 is 5.97 Å². The summed E-state index contributed by atoms with van der Waals surface area (Å²) in [5, 5.41) is 0. The van der Waals surface area contributed by atoms with Gasteiger partial charge in [-0.15, -0.1) is 0 Å². The van der Waals surface area contributed by atoms with Crippen LogP contribution in [0.25, 0.3) is 0 Å². The van der Waals surface area contributed by atoms with Crippen molar-refractivity contribution in [2.75, 3.05) is 11.5 Å². The number of benzene rings is 1. The van der Waals surface area contributed by atoms with Gasteiger partial charge in [-0.2, -0.15) is 0 Å². The Kier molecular flexibility index (Phi) is 2.91. The molecule has 0 aliphatic rings. The summed E-state index contributed by atoms with van der Waals surface area (Å²) in [6.07, 6.45) is 3.05. The lowest BCUT2D eigenvalue weighted by atomic mass is 10.2. The number of aromatic nitrogens is 1. The van der Waals surface area contributed by atoms with Crippen molar-refractivity contribution in [3.8, 4) is 5.75 Å². The standard InChI is InChI=1S/C12H11N3O2/c13-9-4-8(5-10(14)6-9)12(16)17-11-2-1-3-15-7-11/h1-7H,13-14H2. The fourth-order valence-electron chi connectivity index (χ4n) is 1.37. The molecule has 2 aromatic rings. The van der Waals surface area contributed by atoms with Crippen LogP contribution in [0.1, 0.15) is 10.4 Å². The molecule has 4 N–H and O–H groups in total. The van der Waals surface area contributed by atoms with Gasteiger partial charge >= 0.3 is 5.97 Å². The molecule has 1 heterocycles. The summed E-state index contributed by atoms with van der Waals surface area (Å²) in [6.45, 7) is 0. The largest absolute Gasteiger partial charge is 0.421 e. The van der Waals surface area contributed by atoms with E-state index in [0.717, 1.165) is 0 Å². The Morgan fingerprint density at radius 2 is 1.88 bits per heavy atom. The summed E-state index contributed by atoms with van der Waals surface area (Å²) < 4.78 is 5.10. The average molecular weight is 229 g/mol. The second kappa shape index (κ2) is 4.52. The van der Waals surface area contributed by atoms with E-state index >= 15 is 0 Å². The van der Waals surface area contributed by atoms with Crippen LogP contribution in [0.3, 0.4) is 0 Å². The Morgan fingerprint density at radius 3 is 2.47 bits per heavy atom. The number of carbonyl (C=O) groups is 1. The van der Waals surface area contributed by atoms with Crippen LogP contribution in [0.15, 0.2) is 42.7 Å².